The SMILES string of the molecule is CC(C)(C)OC(=O)C1c2ccccc2CN1Cc1ccccc1. The maximum atomic E-state index is 12.8. The van der Waals surface area contributed by atoms with Crippen LogP contribution in [0.2, 0.25) is 0 Å². The Morgan fingerprint density at radius 2 is 1.74 bits per heavy atom. The molecule has 0 aliphatic carbocycles. The number of fused-ring (bicyclic) bond motifs is 1. The molecule has 0 aromatic heterocycles. The van der Waals surface area contributed by atoms with Crippen molar-refractivity contribution in [2.24, 2.45) is 0 Å². The van der Waals surface area contributed by atoms with E-state index in [1.54, 1.807) is 0 Å². The van der Waals surface area contributed by atoms with Crippen molar-refractivity contribution in [1.29, 1.82) is 0 Å². The molecule has 0 saturated heterocycles. The average molecular weight is 309 g/mol. The minimum atomic E-state index is -0.479. The normalized spacial score (nSPS) is 17.8. The molecule has 3 heteroatoms. The third kappa shape index (κ3) is 3.62. The van der Waals surface area contributed by atoms with Crippen LogP contribution in [0.3, 0.4) is 0 Å². The number of carbonyl (C=O) groups is 1. The van der Waals surface area contributed by atoms with Gasteiger partial charge in [-0.25, -0.2) is 4.79 Å². The molecular formula is C20H23NO2. The van der Waals surface area contributed by atoms with Crippen LogP contribution in [0.5, 0.6) is 0 Å². The van der Waals surface area contributed by atoms with Crippen LogP contribution in [0, 0.1) is 0 Å². The Morgan fingerprint density at radius 1 is 1.09 bits per heavy atom. The smallest absolute Gasteiger partial charge is 0.328 e. The van der Waals surface area contributed by atoms with Gasteiger partial charge >= 0.3 is 5.97 Å². The summed E-state index contributed by atoms with van der Waals surface area (Å²) in [5.41, 5.74) is 3.00. The van der Waals surface area contributed by atoms with Crippen molar-refractivity contribution in [2.75, 3.05) is 0 Å². The summed E-state index contributed by atoms with van der Waals surface area (Å²) in [6, 6.07) is 18.1. The lowest BCUT2D eigenvalue weighted by atomic mass is 10.0. The van der Waals surface area contributed by atoms with Gasteiger partial charge in [-0.15, -0.1) is 0 Å². The number of carbonyl (C=O) groups excluding carboxylic acids is 1. The number of esters is 1. The van der Waals surface area contributed by atoms with Crippen molar-refractivity contribution >= 4 is 5.97 Å². The van der Waals surface area contributed by atoms with E-state index in [0.29, 0.717) is 0 Å². The van der Waals surface area contributed by atoms with Crippen molar-refractivity contribution in [1.82, 2.24) is 4.90 Å². The lowest BCUT2D eigenvalue weighted by Crippen LogP contribution is -2.34. The Bertz CT molecular complexity index is 688. The molecule has 1 aliphatic heterocycles. The highest BCUT2D eigenvalue weighted by Crippen LogP contribution is 2.36. The molecule has 1 aliphatic rings. The largest absolute Gasteiger partial charge is 0.459 e. The number of ether oxygens (including phenoxy) is 1. The van der Waals surface area contributed by atoms with Crippen molar-refractivity contribution in [2.45, 2.75) is 45.5 Å². The van der Waals surface area contributed by atoms with Crippen LogP contribution in [-0.4, -0.2) is 16.5 Å². The van der Waals surface area contributed by atoms with Crippen LogP contribution in [-0.2, 0) is 22.6 Å². The second kappa shape index (κ2) is 6.17. The maximum absolute atomic E-state index is 12.8. The van der Waals surface area contributed by atoms with E-state index >= 15 is 0 Å². The van der Waals surface area contributed by atoms with Crippen LogP contribution in [0.25, 0.3) is 0 Å². The highest BCUT2D eigenvalue weighted by atomic mass is 16.6. The first-order valence-electron chi connectivity index (χ1n) is 8.03. The number of hydrogen-bond donors (Lipinski definition) is 0. The fraction of sp³-hybridized carbons (Fsp3) is 0.350. The molecule has 0 N–H and O–H groups in total. The summed E-state index contributed by atoms with van der Waals surface area (Å²) in [7, 11) is 0. The first kappa shape index (κ1) is 15.8. The van der Waals surface area contributed by atoms with E-state index in [1.807, 2.05) is 57.2 Å². The first-order valence-corrected chi connectivity index (χ1v) is 8.03. The number of rotatable bonds is 3. The molecule has 2 aromatic rings. The summed E-state index contributed by atoms with van der Waals surface area (Å²) in [6.45, 7) is 7.24. The molecule has 0 fully saturated rings. The van der Waals surface area contributed by atoms with Crippen LogP contribution < -0.4 is 0 Å². The third-order valence-corrected chi connectivity index (χ3v) is 3.95. The molecule has 2 aromatic carbocycles. The number of hydrogen-bond acceptors (Lipinski definition) is 3. The molecule has 1 heterocycles. The van der Waals surface area contributed by atoms with Gasteiger partial charge in [-0.05, 0) is 37.5 Å². The zero-order chi connectivity index (χ0) is 16.4. The fourth-order valence-corrected chi connectivity index (χ4v) is 3.05. The van der Waals surface area contributed by atoms with Crippen LogP contribution >= 0.6 is 0 Å². The van der Waals surface area contributed by atoms with Gasteiger partial charge in [0, 0.05) is 13.1 Å². The van der Waals surface area contributed by atoms with Crippen molar-refractivity contribution in [3.8, 4) is 0 Å². The summed E-state index contributed by atoms with van der Waals surface area (Å²) in [5, 5.41) is 0. The Labute approximate surface area is 137 Å². The average Bonchev–Trinajstić information content (AvgIpc) is 2.84. The van der Waals surface area contributed by atoms with Gasteiger partial charge in [0.2, 0.25) is 0 Å². The standard InChI is InChI=1S/C20H23NO2/c1-20(2,3)23-19(22)18-17-12-8-7-11-16(17)14-21(18)13-15-9-5-4-6-10-15/h4-12,18H,13-14H2,1-3H3. The molecule has 0 radical (unpaired) electrons. The number of benzene rings is 2. The maximum Gasteiger partial charge on any atom is 0.328 e. The topological polar surface area (TPSA) is 29.5 Å². The highest BCUT2D eigenvalue weighted by molar-refractivity contribution is 5.79. The Kier molecular flexibility index (Phi) is 4.22. The minimum Gasteiger partial charge on any atom is -0.459 e. The Morgan fingerprint density at radius 3 is 2.43 bits per heavy atom. The molecule has 23 heavy (non-hydrogen) atoms. The second-order valence-corrected chi connectivity index (χ2v) is 7.03. The van der Waals surface area contributed by atoms with E-state index < -0.39 is 5.60 Å². The van der Waals surface area contributed by atoms with Crippen LogP contribution in [0.15, 0.2) is 54.6 Å². The highest BCUT2D eigenvalue weighted by Gasteiger charge is 2.37. The van der Waals surface area contributed by atoms with Gasteiger partial charge in [-0.1, -0.05) is 54.6 Å². The van der Waals surface area contributed by atoms with Crippen molar-refractivity contribution in [3.63, 3.8) is 0 Å². The van der Waals surface area contributed by atoms with Gasteiger partial charge in [0.25, 0.3) is 0 Å². The monoisotopic (exact) mass is 309 g/mol. The van der Waals surface area contributed by atoms with E-state index in [9.17, 15) is 4.79 Å². The van der Waals surface area contributed by atoms with Gasteiger partial charge in [-0.2, -0.15) is 0 Å². The first-order chi connectivity index (χ1) is 10.9. The molecule has 1 atom stereocenters. The molecule has 120 valence electrons. The second-order valence-electron chi connectivity index (χ2n) is 7.03. The molecule has 1 unspecified atom stereocenters. The Hall–Kier alpha value is -2.13. The summed E-state index contributed by atoms with van der Waals surface area (Å²) in [4.78, 5) is 14.9. The molecule has 0 amide bonds. The fourth-order valence-electron chi connectivity index (χ4n) is 3.05. The minimum absolute atomic E-state index is 0.168. The van der Waals surface area contributed by atoms with Gasteiger partial charge in [0.05, 0.1) is 0 Å². The summed E-state index contributed by atoms with van der Waals surface area (Å²) < 4.78 is 5.67. The molecule has 3 rings (SSSR count). The van der Waals surface area contributed by atoms with Gasteiger partial charge in [-0.3, -0.25) is 4.90 Å². The van der Waals surface area contributed by atoms with E-state index in [4.69, 9.17) is 4.74 Å². The predicted molar refractivity (Wildman–Crippen MR) is 90.7 cm³/mol. The quantitative estimate of drug-likeness (QED) is 0.800. The van der Waals surface area contributed by atoms with Gasteiger partial charge < -0.3 is 4.74 Å². The van der Waals surface area contributed by atoms with Crippen LogP contribution in [0.4, 0.5) is 0 Å². The zero-order valence-corrected chi connectivity index (χ0v) is 14.0. The van der Waals surface area contributed by atoms with Crippen molar-refractivity contribution < 1.29 is 9.53 Å². The van der Waals surface area contributed by atoms with Gasteiger partial charge in [0.1, 0.15) is 11.6 Å². The van der Waals surface area contributed by atoms with E-state index in [0.717, 1.165) is 18.7 Å². The van der Waals surface area contributed by atoms with E-state index in [-0.39, 0.29) is 12.0 Å². The van der Waals surface area contributed by atoms with Crippen LogP contribution in [0.1, 0.15) is 43.5 Å². The summed E-state index contributed by atoms with van der Waals surface area (Å²) in [5.74, 6) is -0.168. The molecular weight excluding hydrogens is 286 g/mol. The predicted octanol–water partition coefficient (Wildman–Crippen LogP) is 4.09. The molecule has 0 bridgehead atoms. The Balaban J connectivity index is 1.88. The summed E-state index contributed by atoms with van der Waals surface area (Å²) in [6.07, 6.45) is 0. The van der Waals surface area contributed by atoms with Gasteiger partial charge in [0.15, 0.2) is 0 Å². The van der Waals surface area contributed by atoms with E-state index in [1.165, 1.54) is 11.1 Å². The summed E-state index contributed by atoms with van der Waals surface area (Å²) >= 11 is 0. The lowest BCUT2D eigenvalue weighted by molar-refractivity contribution is -0.161. The lowest BCUT2D eigenvalue weighted by Gasteiger charge is -2.27. The number of nitrogens with zero attached hydrogens (tertiary/aromatic N) is 1. The zero-order valence-electron chi connectivity index (χ0n) is 14.0. The molecule has 0 saturated carbocycles. The van der Waals surface area contributed by atoms with E-state index in [2.05, 4.69) is 23.1 Å². The van der Waals surface area contributed by atoms with Crippen molar-refractivity contribution in [3.05, 3.63) is 71.3 Å². The molecule has 3 nitrogen and oxygen atoms in total. The third-order valence-electron chi connectivity index (χ3n) is 3.95. The molecule has 0 spiro atoms.